The molecule has 0 unspecified atom stereocenters. The molecule has 0 aliphatic heterocycles. The first-order chi connectivity index (χ1) is 8.78. The van der Waals surface area contributed by atoms with Crippen LogP contribution in [0.5, 0.6) is 0 Å². The molecule has 2 aromatic rings. The van der Waals surface area contributed by atoms with Crippen LogP contribution in [0.4, 0.5) is 0 Å². The fourth-order valence-corrected chi connectivity index (χ4v) is 1.76. The molecule has 0 amide bonds. The fraction of sp³-hybridized carbons (Fsp3) is 0.214. The number of benzene rings is 1. The Hall–Kier alpha value is -2.25. The van der Waals surface area contributed by atoms with E-state index in [1.54, 1.807) is 18.5 Å². The zero-order valence-corrected chi connectivity index (χ0v) is 10.2. The molecule has 0 aliphatic rings. The summed E-state index contributed by atoms with van der Waals surface area (Å²) in [6.07, 6.45) is 3.49. The maximum Gasteiger partial charge on any atom is 0.142 e. The van der Waals surface area contributed by atoms with Crippen molar-refractivity contribution in [2.24, 2.45) is 0 Å². The molecule has 4 heteroatoms. The molecule has 90 valence electrons. The second-order valence-electron chi connectivity index (χ2n) is 4.15. The summed E-state index contributed by atoms with van der Waals surface area (Å²) in [5, 5.41) is 8.85. The van der Waals surface area contributed by atoms with Gasteiger partial charge in [-0.3, -0.25) is 4.90 Å². The zero-order chi connectivity index (χ0) is 12.8. The molecular weight excluding hydrogens is 224 g/mol. The lowest BCUT2D eigenvalue weighted by molar-refractivity contribution is 0.310. The normalized spacial score (nSPS) is 10.3. The number of hydrogen-bond acceptors (Lipinski definition) is 4. The standard InChI is InChI=1S/C14H14N4/c1-18(11-14-16-6-3-7-17-14)10-13-5-2-4-12(8-13)9-15/h2-8H,10-11H2,1H3. The van der Waals surface area contributed by atoms with E-state index in [0.717, 1.165) is 17.9 Å². The quantitative estimate of drug-likeness (QED) is 0.817. The van der Waals surface area contributed by atoms with Gasteiger partial charge in [-0.1, -0.05) is 12.1 Å². The van der Waals surface area contributed by atoms with E-state index >= 15 is 0 Å². The summed E-state index contributed by atoms with van der Waals surface area (Å²) in [7, 11) is 2.01. The Balaban J connectivity index is 1.99. The van der Waals surface area contributed by atoms with Crippen molar-refractivity contribution in [2.45, 2.75) is 13.1 Å². The van der Waals surface area contributed by atoms with E-state index in [1.165, 1.54) is 0 Å². The van der Waals surface area contributed by atoms with Crippen LogP contribution in [-0.2, 0) is 13.1 Å². The molecule has 0 saturated heterocycles. The summed E-state index contributed by atoms with van der Waals surface area (Å²) < 4.78 is 0. The second-order valence-corrected chi connectivity index (χ2v) is 4.15. The van der Waals surface area contributed by atoms with E-state index in [2.05, 4.69) is 20.9 Å². The van der Waals surface area contributed by atoms with Crippen LogP contribution in [0, 0.1) is 11.3 Å². The van der Waals surface area contributed by atoms with Crippen molar-refractivity contribution in [3.8, 4) is 6.07 Å². The lowest BCUT2D eigenvalue weighted by Gasteiger charge is -2.15. The van der Waals surface area contributed by atoms with Crippen LogP contribution in [-0.4, -0.2) is 21.9 Å². The molecule has 0 spiro atoms. The van der Waals surface area contributed by atoms with Gasteiger partial charge < -0.3 is 0 Å². The number of nitrogens with zero attached hydrogens (tertiary/aromatic N) is 4. The van der Waals surface area contributed by atoms with Crippen LogP contribution in [0.1, 0.15) is 17.0 Å². The summed E-state index contributed by atoms with van der Waals surface area (Å²) in [6.45, 7) is 1.46. The van der Waals surface area contributed by atoms with Crippen molar-refractivity contribution in [2.75, 3.05) is 7.05 Å². The second kappa shape index (κ2) is 5.89. The van der Waals surface area contributed by atoms with Crippen molar-refractivity contribution in [3.63, 3.8) is 0 Å². The van der Waals surface area contributed by atoms with Gasteiger partial charge in [0, 0.05) is 18.9 Å². The van der Waals surface area contributed by atoms with Crippen molar-refractivity contribution in [3.05, 3.63) is 59.7 Å². The van der Waals surface area contributed by atoms with Gasteiger partial charge in [-0.15, -0.1) is 0 Å². The first kappa shape index (κ1) is 12.2. The minimum Gasteiger partial charge on any atom is -0.295 e. The van der Waals surface area contributed by atoms with Gasteiger partial charge in [-0.2, -0.15) is 5.26 Å². The summed E-state index contributed by atoms with van der Waals surface area (Å²) >= 11 is 0. The van der Waals surface area contributed by atoms with Crippen LogP contribution < -0.4 is 0 Å². The van der Waals surface area contributed by atoms with Crippen molar-refractivity contribution >= 4 is 0 Å². The monoisotopic (exact) mass is 238 g/mol. The topological polar surface area (TPSA) is 52.8 Å². The minimum absolute atomic E-state index is 0.692. The molecule has 4 nitrogen and oxygen atoms in total. The Morgan fingerprint density at radius 2 is 1.94 bits per heavy atom. The van der Waals surface area contributed by atoms with E-state index in [1.807, 2.05) is 31.3 Å². The fourth-order valence-electron chi connectivity index (χ4n) is 1.76. The first-order valence-corrected chi connectivity index (χ1v) is 5.71. The summed E-state index contributed by atoms with van der Waals surface area (Å²) in [5.41, 5.74) is 1.81. The molecule has 1 heterocycles. The third-order valence-corrected chi connectivity index (χ3v) is 2.54. The molecular formula is C14H14N4. The maximum atomic E-state index is 8.85. The van der Waals surface area contributed by atoms with Crippen molar-refractivity contribution in [1.82, 2.24) is 14.9 Å². The number of nitriles is 1. The molecule has 0 radical (unpaired) electrons. The Morgan fingerprint density at radius 1 is 1.17 bits per heavy atom. The number of aromatic nitrogens is 2. The largest absolute Gasteiger partial charge is 0.295 e. The zero-order valence-electron chi connectivity index (χ0n) is 10.2. The molecule has 0 atom stereocenters. The molecule has 0 saturated carbocycles. The predicted octanol–water partition coefficient (Wildman–Crippen LogP) is 1.98. The lowest BCUT2D eigenvalue weighted by atomic mass is 10.1. The molecule has 0 bridgehead atoms. The highest BCUT2D eigenvalue weighted by molar-refractivity contribution is 5.32. The van der Waals surface area contributed by atoms with Gasteiger partial charge in [0.2, 0.25) is 0 Å². The molecule has 0 N–H and O–H groups in total. The van der Waals surface area contributed by atoms with Crippen molar-refractivity contribution < 1.29 is 0 Å². The van der Waals surface area contributed by atoms with Gasteiger partial charge in [-0.25, -0.2) is 9.97 Å². The maximum absolute atomic E-state index is 8.85. The van der Waals surface area contributed by atoms with E-state index < -0.39 is 0 Å². The van der Waals surface area contributed by atoms with Crippen LogP contribution in [0.15, 0.2) is 42.7 Å². The summed E-state index contributed by atoms with van der Waals surface area (Å²) in [6, 6.07) is 11.6. The lowest BCUT2D eigenvalue weighted by Crippen LogP contribution is -2.18. The smallest absolute Gasteiger partial charge is 0.142 e. The van der Waals surface area contributed by atoms with Gasteiger partial charge in [0.1, 0.15) is 5.82 Å². The summed E-state index contributed by atoms with van der Waals surface area (Å²) in [5.74, 6) is 0.802. The van der Waals surface area contributed by atoms with E-state index in [9.17, 15) is 0 Å². The van der Waals surface area contributed by atoms with E-state index in [4.69, 9.17) is 5.26 Å². The Bertz CT molecular complexity index is 545. The highest BCUT2D eigenvalue weighted by Crippen LogP contribution is 2.08. The van der Waals surface area contributed by atoms with Crippen LogP contribution in [0.2, 0.25) is 0 Å². The third kappa shape index (κ3) is 3.37. The SMILES string of the molecule is CN(Cc1cccc(C#N)c1)Cc1ncccn1. The first-order valence-electron chi connectivity index (χ1n) is 5.71. The molecule has 2 rings (SSSR count). The van der Waals surface area contributed by atoms with E-state index in [-0.39, 0.29) is 0 Å². The average molecular weight is 238 g/mol. The Kier molecular flexibility index (Phi) is 4.00. The van der Waals surface area contributed by atoms with Crippen LogP contribution >= 0.6 is 0 Å². The molecule has 0 fully saturated rings. The van der Waals surface area contributed by atoms with Crippen LogP contribution in [0.25, 0.3) is 0 Å². The van der Waals surface area contributed by atoms with E-state index in [0.29, 0.717) is 12.1 Å². The number of rotatable bonds is 4. The average Bonchev–Trinajstić information content (AvgIpc) is 2.40. The minimum atomic E-state index is 0.692. The van der Waals surface area contributed by atoms with Gasteiger partial charge >= 0.3 is 0 Å². The molecule has 1 aromatic heterocycles. The summed E-state index contributed by atoms with van der Waals surface area (Å²) in [4.78, 5) is 10.5. The van der Waals surface area contributed by atoms with Crippen LogP contribution in [0.3, 0.4) is 0 Å². The van der Waals surface area contributed by atoms with Gasteiger partial charge in [-0.05, 0) is 30.8 Å². The third-order valence-electron chi connectivity index (χ3n) is 2.54. The molecule has 1 aromatic carbocycles. The van der Waals surface area contributed by atoms with Gasteiger partial charge in [0.05, 0.1) is 18.2 Å². The Labute approximate surface area is 107 Å². The van der Waals surface area contributed by atoms with Gasteiger partial charge in [0.25, 0.3) is 0 Å². The number of hydrogen-bond donors (Lipinski definition) is 0. The van der Waals surface area contributed by atoms with Crippen molar-refractivity contribution in [1.29, 1.82) is 5.26 Å². The molecule has 0 aliphatic carbocycles. The van der Waals surface area contributed by atoms with Gasteiger partial charge in [0.15, 0.2) is 0 Å². The molecule has 18 heavy (non-hydrogen) atoms. The Morgan fingerprint density at radius 3 is 2.67 bits per heavy atom. The highest BCUT2D eigenvalue weighted by Gasteiger charge is 2.04. The predicted molar refractivity (Wildman–Crippen MR) is 68.4 cm³/mol. The highest BCUT2D eigenvalue weighted by atomic mass is 15.1.